The van der Waals surface area contributed by atoms with Gasteiger partial charge in [-0.05, 0) is 27.7 Å². The first-order valence-electron chi connectivity index (χ1n) is 4.95. The van der Waals surface area contributed by atoms with Gasteiger partial charge in [-0.3, -0.25) is 0 Å². The van der Waals surface area contributed by atoms with Crippen LogP contribution in [0, 0.1) is 0 Å². The average Bonchev–Trinajstić information content (AvgIpc) is 2.13. The Morgan fingerprint density at radius 2 is 0.593 bits per heavy atom. The first-order chi connectivity index (χ1) is 8.84. The number of carboxylic acids is 4. The van der Waals surface area contributed by atoms with Gasteiger partial charge in [0.15, 0.2) is 0 Å². The van der Waals surface area contributed by atoms with Crippen molar-refractivity contribution in [2.45, 2.75) is 27.7 Å². The van der Waals surface area contributed by atoms with Crippen LogP contribution in [0.15, 0.2) is 0 Å². The van der Waals surface area contributed by atoms with Gasteiger partial charge in [-0.25, -0.2) is 0 Å². The first-order valence-corrected chi connectivity index (χ1v) is 4.95. The average molecular weight is 478 g/mol. The van der Waals surface area contributed by atoms with Gasteiger partial charge in [0, 0.05) is 37.0 Å². The van der Waals surface area contributed by atoms with E-state index in [0.29, 0.717) is 13.1 Å². The van der Waals surface area contributed by atoms with Crippen LogP contribution in [0.2, 0.25) is 0 Å². The van der Waals surface area contributed by atoms with Crippen LogP contribution in [0.4, 0.5) is 0 Å². The molecule has 1 radical (unpaired) electrons. The Hall–Kier alpha value is 0.159. The Morgan fingerprint density at radius 1 is 0.556 bits per heavy atom. The summed E-state index contributed by atoms with van der Waals surface area (Å²) in [6.07, 6.45) is 0. The standard InChI is InChI=1S/C2H8N2.4C2H4O2.Cu.2Na.4H2O/c3-1-2-4;4*1-2(3)4;;;;;;;/h1-4H2;4*1H3,(H,3,4);;;;4*1H2/q;;;;;+2;2*+1;;;;/p-4. The van der Waals surface area contributed by atoms with Crippen molar-refractivity contribution in [3.05, 3.63) is 0 Å². The van der Waals surface area contributed by atoms with Gasteiger partial charge in [0.2, 0.25) is 0 Å². The largest absolute Gasteiger partial charge is 2.00 e. The zero-order valence-electron chi connectivity index (χ0n) is 16.1. The summed E-state index contributed by atoms with van der Waals surface area (Å²) in [6, 6.07) is 0. The summed E-state index contributed by atoms with van der Waals surface area (Å²) in [6.45, 7) is 5.08. The van der Waals surface area contributed by atoms with E-state index in [1.165, 1.54) is 0 Å². The number of hydrogen-bond donors (Lipinski definition) is 2. The summed E-state index contributed by atoms with van der Waals surface area (Å²) >= 11 is 0. The smallest absolute Gasteiger partial charge is 0.550 e. The van der Waals surface area contributed by atoms with Crippen LogP contribution in [0.1, 0.15) is 27.7 Å². The second-order valence-corrected chi connectivity index (χ2v) is 2.54. The number of nitrogens with two attached hydrogens (primary N) is 2. The molecule has 163 valence electrons. The van der Waals surface area contributed by atoms with Gasteiger partial charge in [-0.2, -0.15) is 0 Å². The van der Waals surface area contributed by atoms with Crippen LogP contribution in [-0.4, -0.2) is 58.9 Å². The summed E-state index contributed by atoms with van der Waals surface area (Å²) in [7, 11) is 0. The maximum absolute atomic E-state index is 8.89. The number of carbonyl (C=O) groups excluding carboxylic acids is 4. The monoisotopic (exact) mass is 477 g/mol. The molecule has 14 nitrogen and oxygen atoms in total. The molecule has 17 heteroatoms. The van der Waals surface area contributed by atoms with Crippen molar-refractivity contribution in [1.82, 2.24) is 0 Å². The predicted octanol–water partition coefficient (Wildman–Crippen LogP) is -15.4. The van der Waals surface area contributed by atoms with Gasteiger partial charge >= 0.3 is 76.2 Å². The van der Waals surface area contributed by atoms with E-state index >= 15 is 0 Å². The Kier molecular flexibility index (Phi) is 247. The number of hydrogen-bond acceptors (Lipinski definition) is 10. The number of rotatable bonds is 1. The third-order valence-electron chi connectivity index (χ3n) is 0.167. The van der Waals surface area contributed by atoms with Crippen molar-refractivity contribution in [1.29, 1.82) is 0 Å². The minimum Gasteiger partial charge on any atom is -0.550 e. The van der Waals surface area contributed by atoms with Crippen LogP contribution in [0.25, 0.3) is 0 Å². The maximum atomic E-state index is 8.89. The molecule has 0 spiro atoms. The van der Waals surface area contributed by atoms with Crippen LogP contribution in [0.3, 0.4) is 0 Å². The molecule has 0 fully saturated rings. The van der Waals surface area contributed by atoms with Crippen molar-refractivity contribution < 1.29 is 138 Å². The molecule has 0 aromatic heterocycles. The third kappa shape index (κ3) is 11400. The molecule has 0 aromatic rings. The molecular formula is C10H28CuN2Na2O12. The molecule has 0 bridgehead atoms. The van der Waals surface area contributed by atoms with E-state index < -0.39 is 23.9 Å². The summed E-state index contributed by atoms with van der Waals surface area (Å²) in [5, 5.41) is 35.6. The van der Waals surface area contributed by atoms with Crippen molar-refractivity contribution >= 4 is 23.9 Å². The Balaban J connectivity index is -0.00000000978. The Morgan fingerprint density at radius 3 is 0.593 bits per heavy atom. The third-order valence-corrected chi connectivity index (χ3v) is 0.167. The van der Waals surface area contributed by atoms with Crippen molar-refractivity contribution in [3.63, 3.8) is 0 Å². The quantitative estimate of drug-likeness (QED) is 0.335. The number of carboxylic acid groups (broad SMARTS) is 4. The molecule has 0 saturated heterocycles. The molecule has 0 rings (SSSR count). The van der Waals surface area contributed by atoms with E-state index in [9.17, 15) is 0 Å². The van der Waals surface area contributed by atoms with E-state index in [0.717, 1.165) is 27.7 Å². The number of aliphatic carboxylic acids is 4. The van der Waals surface area contributed by atoms with E-state index in [4.69, 9.17) is 51.1 Å². The molecule has 0 saturated carbocycles. The van der Waals surface area contributed by atoms with Crippen molar-refractivity contribution in [3.8, 4) is 0 Å². The molecule has 0 heterocycles. The van der Waals surface area contributed by atoms with Crippen LogP contribution < -0.4 is 91.0 Å². The molecule has 0 aliphatic heterocycles. The minimum atomic E-state index is -1.08. The topological polar surface area (TPSA) is 339 Å². The zero-order valence-corrected chi connectivity index (χ0v) is 21.1. The normalized spacial score (nSPS) is 4.81. The Labute approximate surface area is 212 Å². The van der Waals surface area contributed by atoms with Crippen molar-refractivity contribution in [2.75, 3.05) is 13.1 Å². The molecule has 0 unspecified atom stereocenters. The molecule has 27 heavy (non-hydrogen) atoms. The van der Waals surface area contributed by atoms with Crippen molar-refractivity contribution in [2.24, 2.45) is 11.5 Å². The zero-order chi connectivity index (χ0) is 17.7. The van der Waals surface area contributed by atoms with Crippen LogP contribution >= 0.6 is 0 Å². The minimum absolute atomic E-state index is 0. The summed E-state index contributed by atoms with van der Waals surface area (Å²) in [4.78, 5) is 35.6. The van der Waals surface area contributed by atoms with E-state index in [1.54, 1.807) is 0 Å². The Bertz CT molecular complexity index is 211. The fourth-order valence-electron chi connectivity index (χ4n) is 0. The van der Waals surface area contributed by atoms with Gasteiger partial charge in [0.1, 0.15) is 0 Å². The van der Waals surface area contributed by atoms with E-state index in [1.807, 2.05) is 0 Å². The molecule has 0 aliphatic rings. The first kappa shape index (κ1) is 80.9. The van der Waals surface area contributed by atoms with Gasteiger partial charge < -0.3 is 73.0 Å². The van der Waals surface area contributed by atoms with Crippen LogP contribution in [-0.2, 0) is 36.2 Å². The van der Waals surface area contributed by atoms with E-state index in [-0.39, 0.29) is 98.1 Å². The fourth-order valence-corrected chi connectivity index (χ4v) is 0. The summed E-state index contributed by atoms with van der Waals surface area (Å²) in [5.74, 6) is -4.33. The molecule has 0 aromatic carbocycles. The SMILES string of the molecule is CC(=O)[O-].CC(=O)[O-].CC(=O)[O-].CC(=O)[O-].NCCN.O.O.O.O.[Cu+2].[Na+].[Na+]. The predicted molar refractivity (Wildman–Crippen MR) is 75.3 cm³/mol. The maximum Gasteiger partial charge on any atom is 2.00 e. The molecule has 0 aliphatic carbocycles. The second-order valence-electron chi connectivity index (χ2n) is 2.54. The van der Waals surface area contributed by atoms with E-state index in [2.05, 4.69) is 0 Å². The van der Waals surface area contributed by atoms with Gasteiger partial charge in [0.25, 0.3) is 0 Å². The fraction of sp³-hybridized carbons (Fsp3) is 0.600. The summed E-state index contributed by atoms with van der Waals surface area (Å²) in [5.41, 5.74) is 9.81. The van der Waals surface area contributed by atoms with Gasteiger partial charge in [-0.1, -0.05) is 0 Å². The molecule has 0 amide bonds. The molecule has 0 atom stereocenters. The molecular weight excluding hydrogens is 450 g/mol. The van der Waals surface area contributed by atoms with Gasteiger partial charge in [0.05, 0.1) is 0 Å². The van der Waals surface area contributed by atoms with Gasteiger partial charge in [-0.15, -0.1) is 0 Å². The summed E-state index contributed by atoms with van der Waals surface area (Å²) < 4.78 is 0. The van der Waals surface area contributed by atoms with Crippen LogP contribution in [0.5, 0.6) is 0 Å². The molecule has 12 N–H and O–H groups in total. The second kappa shape index (κ2) is 82.6. The number of carbonyl (C=O) groups is 4.